The average molecular weight is 352 g/mol. The van der Waals surface area contributed by atoms with Crippen molar-refractivity contribution in [2.24, 2.45) is 11.8 Å². The molecule has 1 aromatic carbocycles. The van der Waals surface area contributed by atoms with Crippen molar-refractivity contribution in [3.05, 3.63) is 33.3 Å². The summed E-state index contributed by atoms with van der Waals surface area (Å²) in [7, 11) is 0. The lowest BCUT2D eigenvalue weighted by Gasteiger charge is -2.34. The summed E-state index contributed by atoms with van der Waals surface area (Å²) in [5, 5.41) is 3.76. The van der Waals surface area contributed by atoms with Gasteiger partial charge >= 0.3 is 0 Å². The Labute approximate surface area is 139 Å². The Hall–Kier alpha value is -0.340. The molecule has 0 aliphatic heterocycles. The highest BCUT2D eigenvalue weighted by molar-refractivity contribution is 9.10. The van der Waals surface area contributed by atoms with E-state index >= 15 is 0 Å². The lowest BCUT2D eigenvalue weighted by Crippen LogP contribution is -2.31. The fraction of sp³-hybridized carbons (Fsp3) is 0.684. The normalized spacial score (nSPS) is 24.0. The van der Waals surface area contributed by atoms with Crippen molar-refractivity contribution in [2.75, 3.05) is 6.54 Å². The minimum Gasteiger partial charge on any atom is -0.310 e. The standard InChI is InChI=1S/C19H30BrN/c1-5-15-7-9-16(10-8-15)19(21-6-2)17-11-13(3)18(20)14(4)12-17/h11-12,15-16,19,21H,5-10H2,1-4H3. The smallest absolute Gasteiger partial charge is 0.0348 e. The Morgan fingerprint density at radius 3 is 2.14 bits per heavy atom. The monoisotopic (exact) mass is 351 g/mol. The molecule has 2 rings (SSSR count). The van der Waals surface area contributed by atoms with E-state index in [9.17, 15) is 0 Å². The van der Waals surface area contributed by atoms with E-state index in [2.05, 4.69) is 61.1 Å². The molecule has 1 aliphatic rings. The summed E-state index contributed by atoms with van der Waals surface area (Å²) in [4.78, 5) is 0. The van der Waals surface area contributed by atoms with Gasteiger partial charge in [0.15, 0.2) is 0 Å². The molecule has 1 nitrogen and oxygen atoms in total. The molecule has 0 spiro atoms. The van der Waals surface area contributed by atoms with Crippen molar-refractivity contribution >= 4 is 15.9 Å². The molecule has 118 valence electrons. The molecule has 0 bridgehead atoms. The zero-order chi connectivity index (χ0) is 15.4. The number of aryl methyl sites for hydroxylation is 2. The topological polar surface area (TPSA) is 12.0 Å². The van der Waals surface area contributed by atoms with Crippen molar-refractivity contribution in [3.63, 3.8) is 0 Å². The van der Waals surface area contributed by atoms with Crippen LogP contribution in [-0.4, -0.2) is 6.54 Å². The lowest BCUT2D eigenvalue weighted by molar-refractivity contribution is 0.220. The first-order chi connectivity index (χ1) is 10.1. The van der Waals surface area contributed by atoms with Gasteiger partial charge in [0.25, 0.3) is 0 Å². The molecule has 0 saturated heterocycles. The van der Waals surface area contributed by atoms with E-state index in [1.807, 2.05) is 0 Å². The van der Waals surface area contributed by atoms with E-state index < -0.39 is 0 Å². The predicted molar refractivity (Wildman–Crippen MR) is 95.8 cm³/mol. The van der Waals surface area contributed by atoms with Crippen LogP contribution in [0.2, 0.25) is 0 Å². The maximum Gasteiger partial charge on any atom is 0.0348 e. The first kappa shape index (κ1) is 17.0. The SMILES string of the molecule is CCNC(c1cc(C)c(Br)c(C)c1)C1CCC(CC)CC1. The molecule has 1 aliphatic carbocycles. The van der Waals surface area contributed by atoms with Crippen LogP contribution in [0.3, 0.4) is 0 Å². The molecule has 0 radical (unpaired) electrons. The lowest BCUT2D eigenvalue weighted by atomic mass is 9.75. The predicted octanol–water partition coefficient (Wildman–Crippen LogP) is 5.93. The van der Waals surface area contributed by atoms with E-state index in [1.54, 1.807) is 0 Å². The van der Waals surface area contributed by atoms with Crippen LogP contribution in [0.4, 0.5) is 0 Å². The van der Waals surface area contributed by atoms with Crippen LogP contribution >= 0.6 is 15.9 Å². The molecule has 0 aromatic heterocycles. The Kier molecular flexibility index (Phi) is 6.31. The molecular weight excluding hydrogens is 322 g/mol. The van der Waals surface area contributed by atoms with Crippen LogP contribution in [0.1, 0.15) is 68.7 Å². The highest BCUT2D eigenvalue weighted by Crippen LogP contribution is 2.39. The van der Waals surface area contributed by atoms with Crippen molar-refractivity contribution in [1.82, 2.24) is 5.32 Å². The summed E-state index contributed by atoms with van der Waals surface area (Å²) in [6.07, 6.45) is 6.94. The number of nitrogens with one attached hydrogen (secondary N) is 1. The maximum absolute atomic E-state index is 3.76. The molecule has 1 N–H and O–H groups in total. The van der Waals surface area contributed by atoms with Crippen LogP contribution < -0.4 is 5.32 Å². The number of halogens is 1. The van der Waals surface area contributed by atoms with Crippen LogP contribution in [0.25, 0.3) is 0 Å². The Morgan fingerprint density at radius 1 is 1.10 bits per heavy atom. The van der Waals surface area contributed by atoms with E-state index in [4.69, 9.17) is 0 Å². The van der Waals surface area contributed by atoms with Gasteiger partial charge in [-0.15, -0.1) is 0 Å². The molecule has 1 atom stereocenters. The van der Waals surface area contributed by atoms with Gasteiger partial charge in [-0.2, -0.15) is 0 Å². The number of hydrogen-bond acceptors (Lipinski definition) is 1. The van der Waals surface area contributed by atoms with Crippen LogP contribution in [-0.2, 0) is 0 Å². The van der Waals surface area contributed by atoms with Gasteiger partial charge in [-0.1, -0.05) is 61.2 Å². The zero-order valence-electron chi connectivity index (χ0n) is 14.0. The molecule has 0 heterocycles. The van der Waals surface area contributed by atoms with Crippen molar-refractivity contribution < 1.29 is 0 Å². The van der Waals surface area contributed by atoms with Gasteiger partial charge in [-0.3, -0.25) is 0 Å². The van der Waals surface area contributed by atoms with E-state index in [-0.39, 0.29) is 0 Å². The van der Waals surface area contributed by atoms with Gasteiger partial charge in [-0.25, -0.2) is 0 Å². The minimum absolute atomic E-state index is 0.526. The third-order valence-electron chi connectivity index (χ3n) is 5.18. The van der Waals surface area contributed by atoms with Crippen LogP contribution in [0.5, 0.6) is 0 Å². The van der Waals surface area contributed by atoms with E-state index in [0.717, 1.165) is 18.4 Å². The Balaban J connectivity index is 2.19. The van der Waals surface area contributed by atoms with Crippen molar-refractivity contribution in [1.29, 1.82) is 0 Å². The second-order valence-electron chi connectivity index (χ2n) is 6.69. The third-order valence-corrected chi connectivity index (χ3v) is 6.43. The average Bonchev–Trinajstić information content (AvgIpc) is 2.50. The molecule has 2 heteroatoms. The first-order valence-electron chi connectivity index (χ1n) is 8.56. The van der Waals surface area contributed by atoms with Crippen molar-refractivity contribution in [3.8, 4) is 0 Å². The molecular formula is C19H30BrN. The summed E-state index contributed by atoms with van der Waals surface area (Å²) in [6.45, 7) is 10.0. The van der Waals surface area contributed by atoms with Crippen molar-refractivity contribution in [2.45, 2.75) is 65.8 Å². The maximum atomic E-state index is 3.76. The number of benzene rings is 1. The van der Waals surface area contributed by atoms with Gasteiger partial charge in [0.1, 0.15) is 0 Å². The number of rotatable bonds is 5. The van der Waals surface area contributed by atoms with Gasteiger partial charge in [0.05, 0.1) is 0 Å². The summed E-state index contributed by atoms with van der Waals surface area (Å²) in [6, 6.07) is 5.27. The summed E-state index contributed by atoms with van der Waals surface area (Å²) < 4.78 is 1.26. The largest absolute Gasteiger partial charge is 0.310 e. The van der Waals surface area contributed by atoms with Crippen LogP contribution in [0, 0.1) is 25.7 Å². The quantitative estimate of drug-likeness (QED) is 0.692. The highest BCUT2D eigenvalue weighted by Gasteiger charge is 2.28. The highest BCUT2D eigenvalue weighted by atomic mass is 79.9. The molecule has 1 unspecified atom stereocenters. The Morgan fingerprint density at radius 2 is 1.67 bits per heavy atom. The molecule has 1 aromatic rings. The second kappa shape index (κ2) is 7.78. The molecule has 0 amide bonds. The summed E-state index contributed by atoms with van der Waals surface area (Å²) in [5.74, 6) is 1.77. The van der Waals surface area contributed by atoms with E-state index in [0.29, 0.717) is 6.04 Å². The Bertz CT molecular complexity index is 438. The molecule has 1 saturated carbocycles. The third kappa shape index (κ3) is 4.10. The second-order valence-corrected chi connectivity index (χ2v) is 7.49. The van der Waals surface area contributed by atoms with Gasteiger partial charge in [-0.05, 0) is 61.8 Å². The fourth-order valence-corrected chi connectivity index (χ4v) is 4.09. The van der Waals surface area contributed by atoms with Gasteiger partial charge < -0.3 is 5.32 Å². The fourth-order valence-electron chi connectivity index (χ4n) is 3.87. The van der Waals surface area contributed by atoms with Crippen LogP contribution in [0.15, 0.2) is 16.6 Å². The molecule has 21 heavy (non-hydrogen) atoms. The molecule has 1 fully saturated rings. The van der Waals surface area contributed by atoms with Gasteiger partial charge in [0, 0.05) is 10.5 Å². The van der Waals surface area contributed by atoms with Gasteiger partial charge in [0.2, 0.25) is 0 Å². The summed E-state index contributed by atoms with van der Waals surface area (Å²) in [5.41, 5.74) is 4.19. The minimum atomic E-state index is 0.526. The number of hydrogen-bond donors (Lipinski definition) is 1. The van der Waals surface area contributed by atoms with E-state index in [1.165, 1.54) is 53.3 Å². The summed E-state index contributed by atoms with van der Waals surface area (Å²) >= 11 is 3.69. The zero-order valence-corrected chi connectivity index (χ0v) is 15.6. The first-order valence-corrected chi connectivity index (χ1v) is 9.36.